The largest absolute Gasteiger partial charge is 0.453 e. The van der Waals surface area contributed by atoms with Crippen LogP contribution in [0, 0.1) is 17.8 Å². The highest BCUT2D eigenvalue weighted by Crippen LogP contribution is 2.33. The predicted molar refractivity (Wildman–Crippen MR) is 190 cm³/mol. The number of H-pyrrole nitrogens is 2. The molecule has 1 saturated heterocycles. The lowest BCUT2D eigenvalue weighted by atomic mass is 10.00. The van der Waals surface area contributed by atoms with E-state index in [0.717, 1.165) is 58.9 Å². The molecule has 1 fully saturated rings. The van der Waals surface area contributed by atoms with Crippen molar-refractivity contribution >= 4 is 17.9 Å². The summed E-state index contributed by atoms with van der Waals surface area (Å²) in [6.45, 7) is 12.7. The highest BCUT2D eigenvalue weighted by molar-refractivity contribution is 5.86. The Labute approximate surface area is 288 Å². The molecule has 11 nitrogen and oxygen atoms in total. The molecule has 2 aromatic heterocycles. The number of carbonyl (C=O) groups is 3. The van der Waals surface area contributed by atoms with E-state index in [1.54, 1.807) is 6.20 Å². The quantitative estimate of drug-likeness (QED) is 0.128. The molecule has 1 aliphatic heterocycles. The molecule has 2 aromatic carbocycles. The molecule has 0 spiro atoms. The first kappa shape index (κ1) is 35.4. The van der Waals surface area contributed by atoms with Gasteiger partial charge in [0.15, 0.2) is 0 Å². The van der Waals surface area contributed by atoms with E-state index >= 15 is 0 Å². The van der Waals surface area contributed by atoms with Gasteiger partial charge in [0, 0.05) is 13.0 Å². The summed E-state index contributed by atoms with van der Waals surface area (Å²) in [6.07, 6.45) is 5.47. The Balaban J connectivity index is 1.25. The van der Waals surface area contributed by atoms with Crippen molar-refractivity contribution in [1.29, 1.82) is 0 Å². The molecule has 3 heterocycles. The van der Waals surface area contributed by atoms with Gasteiger partial charge in [-0.25, -0.2) is 14.8 Å². The first-order valence-corrected chi connectivity index (χ1v) is 17.2. The minimum atomic E-state index is -0.740. The van der Waals surface area contributed by atoms with Crippen molar-refractivity contribution in [2.45, 2.75) is 78.9 Å². The number of nitrogens with zero attached hydrogens (tertiary/aromatic N) is 3. The summed E-state index contributed by atoms with van der Waals surface area (Å²) in [4.78, 5) is 55.9. The van der Waals surface area contributed by atoms with Gasteiger partial charge >= 0.3 is 6.09 Å². The molecule has 0 unspecified atom stereocenters. The van der Waals surface area contributed by atoms with Gasteiger partial charge in [0.25, 0.3) is 0 Å². The fourth-order valence-electron chi connectivity index (χ4n) is 6.31. The normalized spacial score (nSPS) is 15.9. The Hall–Kier alpha value is -4.93. The van der Waals surface area contributed by atoms with Crippen molar-refractivity contribution in [2.24, 2.45) is 17.8 Å². The van der Waals surface area contributed by atoms with Crippen LogP contribution in [0.1, 0.15) is 84.5 Å². The van der Waals surface area contributed by atoms with Gasteiger partial charge in [-0.05, 0) is 52.8 Å². The lowest BCUT2D eigenvalue weighted by molar-refractivity contribution is -0.133. The van der Waals surface area contributed by atoms with Crippen molar-refractivity contribution in [3.05, 3.63) is 72.6 Å². The van der Waals surface area contributed by atoms with Crippen LogP contribution in [0.4, 0.5) is 4.79 Å². The van der Waals surface area contributed by atoms with Crippen LogP contribution in [-0.4, -0.2) is 62.4 Å². The number of ether oxygens (including phenoxy) is 1. The van der Waals surface area contributed by atoms with Crippen molar-refractivity contribution in [3.8, 4) is 33.6 Å². The Kier molecular flexibility index (Phi) is 11.2. The SMILES string of the molecule is COC(=O)N[C@H](C(=O)N[C@H](c1ncc(-c2ccc(-c3ccc(-c4cnc([C@@H]5CCCN5C(=O)CC(C)C)[nH]4)cc3)cc2)[nH]1)C(C)C)C(C)C. The number of alkyl carbamates (subject to hydrolysis) is 1. The average Bonchev–Trinajstić information content (AvgIpc) is 3.87. The van der Waals surface area contributed by atoms with Crippen LogP contribution in [0.3, 0.4) is 0 Å². The fourth-order valence-corrected chi connectivity index (χ4v) is 6.31. The number of nitrogens with one attached hydrogen (secondary N) is 4. The second-order valence-electron chi connectivity index (χ2n) is 13.9. The molecule has 5 rings (SSSR count). The monoisotopic (exact) mass is 667 g/mol. The third kappa shape index (κ3) is 8.39. The minimum absolute atomic E-state index is 0.00585. The molecule has 49 heavy (non-hydrogen) atoms. The van der Waals surface area contributed by atoms with Gasteiger partial charge in [-0.15, -0.1) is 0 Å². The van der Waals surface area contributed by atoms with E-state index < -0.39 is 12.1 Å². The molecule has 4 aromatic rings. The molecule has 260 valence electrons. The lowest BCUT2D eigenvalue weighted by Crippen LogP contribution is -2.51. The van der Waals surface area contributed by atoms with Crippen LogP contribution in [0.15, 0.2) is 60.9 Å². The number of hydrogen-bond donors (Lipinski definition) is 4. The number of likely N-dealkylation sites (tertiary alicyclic amines) is 1. The van der Waals surface area contributed by atoms with Crippen LogP contribution in [0.5, 0.6) is 0 Å². The summed E-state index contributed by atoms with van der Waals surface area (Å²) in [7, 11) is 1.27. The molecular formula is C38H49N7O4. The Morgan fingerprint density at radius 1 is 0.816 bits per heavy atom. The highest BCUT2D eigenvalue weighted by Gasteiger charge is 2.32. The molecule has 4 N–H and O–H groups in total. The Bertz CT molecular complexity index is 1720. The second-order valence-corrected chi connectivity index (χ2v) is 13.9. The van der Waals surface area contributed by atoms with Gasteiger partial charge in [0.05, 0.1) is 43.0 Å². The van der Waals surface area contributed by atoms with E-state index in [9.17, 15) is 14.4 Å². The second kappa shape index (κ2) is 15.5. The van der Waals surface area contributed by atoms with E-state index in [4.69, 9.17) is 4.74 Å². The topological polar surface area (TPSA) is 145 Å². The standard InChI is InChI=1S/C38H49N7O4/c1-22(2)19-32(46)45-18-8-9-31(45)35-39-20-29(41-35)27-14-10-25(11-15-27)26-12-16-28(17-13-26)30-21-40-36(42-30)33(23(3)4)43-37(47)34(24(5)6)44-38(48)49-7/h10-17,20-24,31,33-34H,8-9,18-19H2,1-7H3,(H,39,41)(H,40,42)(H,43,47)(H,44,48)/t31-,33-,34-/m0/s1. The maximum absolute atomic E-state index is 13.2. The van der Waals surface area contributed by atoms with E-state index in [2.05, 4.69) is 80.8 Å². The van der Waals surface area contributed by atoms with Crippen molar-refractivity contribution in [1.82, 2.24) is 35.5 Å². The fraction of sp³-hybridized carbons (Fsp3) is 0.447. The van der Waals surface area contributed by atoms with Gasteiger partial charge in [0.1, 0.15) is 17.7 Å². The van der Waals surface area contributed by atoms with Crippen molar-refractivity contribution in [3.63, 3.8) is 0 Å². The van der Waals surface area contributed by atoms with Crippen LogP contribution >= 0.6 is 0 Å². The summed E-state index contributed by atoms with van der Waals surface area (Å²) in [5.74, 6) is 1.65. The van der Waals surface area contributed by atoms with Crippen LogP contribution in [0.25, 0.3) is 33.6 Å². The van der Waals surface area contributed by atoms with Gasteiger partial charge in [0.2, 0.25) is 11.8 Å². The van der Waals surface area contributed by atoms with Crippen LogP contribution in [0.2, 0.25) is 0 Å². The molecule has 3 atom stereocenters. The summed E-state index contributed by atoms with van der Waals surface area (Å²) in [5, 5.41) is 5.68. The summed E-state index contributed by atoms with van der Waals surface area (Å²) in [6, 6.07) is 15.5. The first-order valence-electron chi connectivity index (χ1n) is 17.2. The zero-order chi connectivity index (χ0) is 35.2. The number of hydrogen-bond acceptors (Lipinski definition) is 6. The molecule has 11 heteroatoms. The van der Waals surface area contributed by atoms with Gasteiger partial charge in [-0.3, -0.25) is 9.59 Å². The van der Waals surface area contributed by atoms with Crippen LogP contribution in [-0.2, 0) is 14.3 Å². The van der Waals surface area contributed by atoms with Crippen LogP contribution < -0.4 is 10.6 Å². The predicted octanol–water partition coefficient (Wildman–Crippen LogP) is 7.04. The number of imidazole rings is 2. The highest BCUT2D eigenvalue weighted by atomic mass is 16.5. The number of carbonyl (C=O) groups excluding carboxylic acids is 3. The number of rotatable bonds is 12. The summed E-state index contributed by atoms with van der Waals surface area (Å²) < 4.78 is 4.70. The van der Waals surface area contributed by atoms with Gasteiger partial charge in [-0.1, -0.05) is 90.1 Å². The molecule has 1 aliphatic rings. The number of benzene rings is 2. The summed E-state index contributed by atoms with van der Waals surface area (Å²) >= 11 is 0. The number of aromatic amines is 2. The maximum atomic E-state index is 13.2. The Morgan fingerprint density at radius 2 is 1.39 bits per heavy atom. The molecule has 3 amide bonds. The van der Waals surface area contributed by atoms with Gasteiger partial charge in [-0.2, -0.15) is 0 Å². The molecule has 0 saturated carbocycles. The number of amides is 3. The zero-order valence-corrected chi connectivity index (χ0v) is 29.5. The molecule has 0 bridgehead atoms. The smallest absolute Gasteiger partial charge is 0.407 e. The minimum Gasteiger partial charge on any atom is -0.453 e. The van der Waals surface area contributed by atoms with Gasteiger partial charge < -0.3 is 30.2 Å². The lowest BCUT2D eigenvalue weighted by Gasteiger charge is -2.26. The number of aromatic nitrogens is 4. The third-order valence-electron chi connectivity index (χ3n) is 9.05. The van der Waals surface area contributed by atoms with E-state index in [-0.39, 0.29) is 35.7 Å². The average molecular weight is 668 g/mol. The summed E-state index contributed by atoms with van der Waals surface area (Å²) in [5.41, 5.74) is 5.95. The van der Waals surface area contributed by atoms with E-state index in [0.29, 0.717) is 18.2 Å². The third-order valence-corrected chi connectivity index (χ3v) is 9.05. The first-order chi connectivity index (χ1) is 23.4. The molecule has 0 radical (unpaired) electrons. The van der Waals surface area contributed by atoms with E-state index in [1.165, 1.54) is 7.11 Å². The number of methoxy groups -OCH3 is 1. The molecular weight excluding hydrogens is 618 g/mol. The van der Waals surface area contributed by atoms with Crippen molar-refractivity contribution in [2.75, 3.05) is 13.7 Å². The van der Waals surface area contributed by atoms with Crippen molar-refractivity contribution < 1.29 is 19.1 Å². The zero-order valence-electron chi connectivity index (χ0n) is 29.5. The maximum Gasteiger partial charge on any atom is 0.407 e. The Morgan fingerprint density at radius 3 is 1.94 bits per heavy atom. The van der Waals surface area contributed by atoms with E-state index in [1.807, 2.05) is 50.9 Å². The molecule has 0 aliphatic carbocycles.